The smallest absolute Gasteiger partial charge is 0.0631 e. The van der Waals surface area contributed by atoms with Gasteiger partial charge in [0.05, 0.1) is 12.2 Å². The van der Waals surface area contributed by atoms with Gasteiger partial charge in [-0.2, -0.15) is 0 Å². The molecule has 1 aliphatic carbocycles. The topological polar surface area (TPSA) is 9.23 Å². The van der Waals surface area contributed by atoms with E-state index in [2.05, 4.69) is 20.1 Å². The van der Waals surface area contributed by atoms with E-state index in [0.717, 1.165) is 5.92 Å². The first-order chi connectivity index (χ1) is 6.90. The maximum atomic E-state index is 5.64. The summed E-state index contributed by atoms with van der Waals surface area (Å²) in [5, 5.41) is 0. The van der Waals surface area contributed by atoms with Gasteiger partial charge in [0.1, 0.15) is 0 Å². The Balaban J connectivity index is 0.000000379. The van der Waals surface area contributed by atoms with Gasteiger partial charge in [0.25, 0.3) is 0 Å². The highest BCUT2D eigenvalue weighted by molar-refractivity contribution is 4.89. The van der Waals surface area contributed by atoms with Crippen LogP contribution in [0.5, 0.6) is 0 Å². The highest BCUT2D eigenvalue weighted by atomic mass is 16.5. The van der Waals surface area contributed by atoms with Gasteiger partial charge in [-0.25, -0.2) is 0 Å². The molecule has 2 saturated heterocycles. The second-order valence-electron chi connectivity index (χ2n) is 3.66. The average molecular weight is 198 g/mol. The molecule has 1 saturated carbocycles. The minimum atomic E-state index is 0.665. The molecule has 2 heterocycles. The van der Waals surface area contributed by atoms with E-state index in [1.165, 1.54) is 32.1 Å². The highest BCUT2D eigenvalue weighted by Gasteiger charge is 2.40. The molecule has 0 spiro atoms. The van der Waals surface area contributed by atoms with E-state index in [9.17, 15) is 0 Å². The number of fused-ring (bicyclic) bond motifs is 2. The average Bonchev–Trinajstić information content (AvgIpc) is 2.23. The molecule has 3 atom stereocenters. The second-order valence-corrected chi connectivity index (χ2v) is 3.66. The first-order valence-electron chi connectivity index (χ1n) is 6.05. The Morgan fingerprint density at radius 3 is 2.14 bits per heavy atom. The van der Waals surface area contributed by atoms with Crippen LogP contribution in [0, 0.1) is 5.92 Å². The van der Waals surface area contributed by atoms with Crippen molar-refractivity contribution in [3.63, 3.8) is 0 Å². The maximum Gasteiger partial charge on any atom is 0.0631 e. The number of ether oxygens (including phenoxy) is 1. The summed E-state index contributed by atoms with van der Waals surface area (Å²) in [6.07, 6.45) is 8.18. The Morgan fingerprint density at radius 1 is 1.21 bits per heavy atom. The van der Waals surface area contributed by atoms with Gasteiger partial charge in [-0.05, 0) is 25.2 Å². The van der Waals surface area contributed by atoms with Gasteiger partial charge in [-0.1, -0.05) is 27.2 Å². The summed E-state index contributed by atoms with van der Waals surface area (Å²) in [6, 6.07) is 0. The van der Waals surface area contributed by atoms with Crippen LogP contribution in [0.1, 0.15) is 52.9 Å². The zero-order valence-electron chi connectivity index (χ0n) is 10.1. The zero-order chi connectivity index (χ0) is 11.0. The van der Waals surface area contributed by atoms with Crippen LogP contribution < -0.4 is 0 Å². The van der Waals surface area contributed by atoms with Gasteiger partial charge in [0.2, 0.25) is 0 Å². The molecule has 0 aromatic rings. The molecule has 0 N–H and O–H groups in total. The third-order valence-corrected chi connectivity index (χ3v) is 2.91. The van der Waals surface area contributed by atoms with E-state index in [0.29, 0.717) is 12.2 Å². The molecule has 3 rings (SSSR count). The molecule has 84 valence electrons. The standard InChI is InChI=1S/C9H16O.C2H6.C2H4/c1-2-3-7-4-5-8-6-9(7)10-8;2*1-2/h7-9H,2-6H2,1H3;1-2H3;1-2H2. The van der Waals surface area contributed by atoms with E-state index in [1.54, 1.807) is 0 Å². The summed E-state index contributed by atoms with van der Waals surface area (Å²) >= 11 is 0. The Kier molecular flexibility index (Phi) is 7.87. The van der Waals surface area contributed by atoms with Crippen LogP contribution in [0.4, 0.5) is 0 Å². The molecule has 0 amide bonds. The van der Waals surface area contributed by atoms with Crippen molar-refractivity contribution in [2.45, 2.75) is 65.1 Å². The fraction of sp³-hybridized carbons (Fsp3) is 0.846. The van der Waals surface area contributed by atoms with Crippen LogP contribution in [-0.2, 0) is 4.74 Å². The summed E-state index contributed by atoms with van der Waals surface area (Å²) in [7, 11) is 0. The lowest BCUT2D eigenvalue weighted by Gasteiger charge is -2.46. The van der Waals surface area contributed by atoms with E-state index in [1.807, 2.05) is 13.8 Å². The molecule has 3 aliphatic rings. The van der Waals surface area contributed by atoms with Crippen molar-refractivity contribution in [1.29, 1.82) is 0 Å². The van der Waals surface area contributed by atoms with Crippen LogP contribution in [0.25, 0.3) is 0 Å². The van der Waals surface area contributed by atoms with Crippen LogP contribution in [0.15, 0.2) is 13.2 Å². The van der Waals surface area contributed by atoms with Crippen molar-refractivity contribution in [3.8, 4) is 0 Å². The van der Waals surface area contributed by atoms with Crippen molar-refractivity contribution in [2.24, 2.45) is 5.92 Å². The van der Waals surface area contributed by atoms with E-state index in [-0.39, 0.29) is 0 Å². The number of hydrogen-bond donors (Lipinski definition) is 0. The monoisotopic (exact) mass is 198 g/mol. The van der Waals surface area contributed by atoms with E-state index < -0.39 is 0 Å². The molecule has 0 aromatic heterocycles. The predicted molar refractivity (Wildman–Crippen MR) is 63.5 cm³/mol. The third-order valence-electron chi connectivity index (χ3n) is 2.91. The quantitative estimate of drug-likeness (QED) is 0.605. The fourth-order valence-electron chi connectivity index (χ4n) is 2.27. The summed E-state index contributed by atoms with van der Waals surface area (Å²) in [4.78, 5) is 0. The largest absolute Gasteiger partial charge is 0.375 e. The second kappa shape index (κ2) is 8.05. The molecule has 0 aromatic carbocycles. The van der Waals surface area contributed by atoms with Crippen molar-refractivity contribution in [3.05, 3.63) is 13.2 Å². The first kappa shape index (κ1) is 13.7. The molecule has 1 heteroatoms. The Bertz CT molecular complexity index is 122. The van der Waals surface area contributed by atoms with Crippen molar-refractivity contribution < 1.29 is 4.74 Å². The van der Waals surface area contributed by atoms with Crippen molar-refractivity contribution in [2.75, 3.05) is 0 Å². The lowest BCUT2D eigenvalue weighted by molar-refractivity contribution is -0.186. The summed E-state index contributed by atoms with van der Waals surface area (Å²) in [5.74, 6) is 0.912. The molecular formula is C13H26O. The SMILES string of the molecule is C=C.CC.CCCC1CCC2CC1O2. The summed E-state index contributed by atoms with van der Waals surface area (Å²) < 4.78 is 5.64. The Labute approximate surface area is 89.5 Å². The molecule has 1 nitrogen and oxygen atoms in total. The number of rotatable bonds is 2. The van der Waals surface area contributed by atoms with Crippen LogP contribution in [0.2, 0.25) is 0 Å². The highest BCUT2D eigenvalue weighted by Crippen LogP contribution is 2.40. The zero-order valence-corrected chi connectivity index (χ0v) is 10.1. The van der Waals surface area contributed by atoms with Crippen LogP contribution in [-0.4, -0.2) is 12.2 Å². The summed E-state index contributed by atoms with van der Waals surface area (Å²) in [6.45, 7) is 12.3. The molecule has 2 bridgehead atoms. The lowest BCUT2D eigenvalue weighted by atomic mass is 9.78. The van der Waals surface area contributed by atoms with Gasteiger partial charge in [0, 0.05) is 6.42 Å². The Morgan fingerprint density at radius 2 is 1.79 bits per heavy atom. The van der Waals surface area contributed by atoms with Gasteiger partial charge < -0.3 is 4.74 Å². The van der Waals surface area contributed by atoms with Gasteiger partial charge in [-0.3, -0.25) is 0 Å². The normalized spacial score (nSPS) is 32.6. The van der Waals surface area contributed by atoms with E-state index >= 15 is 0 Å². The Hall–Kier alpha value is -0.300. The first-order valence-corrected chi connectivity index (χ1v) is 6.05. The van der Waals surface area contributed by atoms with Crippen molar-refractivity contribution >= 4 is 0 Å². The molecule has 3 fully saturated rings. The van der Waals surface area contributed by atoms with Gasteiger partial charge in [-0.15, -0.1) is 13.2 Å². The van der Waals surface area contributed by atoms with Crippen LogP contribution >= 0.6 is 0 Å². The molecule has 3 unspecified atom stereocenters. The predicted octanol–water partition coefficient (Wildman–Crippen LogP) is 4.18. The molecular weight excluding hydrogens is 172 g/mol. The number of hydrogen-bond acceptors (Lipinski definition) is 1. The van der Waals surface area contributed by atoms with Gasteiger partial charge in [0.15, 0.2) is 0 Å². The minimum absolute atomic E-state index is 0.665. The van der Waals surface area contributed by atoms with Crippen LogP contribution in [0.3, 0.4) is 0 Å². The molecule has 0 radical (unpaired) electrons. The van der Waals surface area contributed by atoms with Gasteiger partial charge >= 0.3 is 0 Å². The molecule has 2 aliphatic heterocycles. The van der Waals surface area contributed by atoms with Crippen molar-refractivity contribution in [1.82, 2.24) is 0 Å². The summed E-state index contributed by atoms with van der Waals surface area (Å²) in [5.41, 5.74) is 0. The third kappa shape index (κ3) is 3.45. The fourth-order valence-corrected chi connectivity index (χ4v) is 2.27. The van der Waals surface area contributed by atoms with E-state index in [4.69, 9.17) is 4.74 Å². The lowest BCUT2D eigenvalue weighted by Crippen LogP contribution is -2.47. The maximum absolute atomic E-state index is 5.64. The minimum Gasteiger partial charge on any atom is -0.375 e. The molecule has 14 heavy (non-hydrogen) atoms.